The Balaban J connectivity index is 2.85. The van der Waals surface area contributed by atoms with Crippen molar-refractivity contribution in [1.82, 2.24) is 9.80 Å². The summed E-state index contributed by atoms with van der Waals surface area (Å²) in [5.41, 5.74) is 5.92. The Morgan fingerprint density at radius 3 is 2.63 bits per heavy atom. The molecule has 0 bridgehead atoms. The summed E-state index contributed by atoms with van der Waals surface area (Å²) in [5.74, 6) is 0.113. The van der Waals surface area contributed by atoms with Crippen LogP contribution < -0.4 is 5.73 Å². The molecule has 0 radical (unpaired) electrons. The molecule has 6 heteroatoms. The minimum atomic E-state index is 0.111. The number of carbonyl (C=O) groups excluding carboxylic acids is 1. The molecule has 1 unspecified atom stereocenters. The van der Waals surface area contributed by atoms with Gasteiger partial charge in [-0.1, -0.05) is 6.92 Å². The second-order valence-electron chi connectivity index (χ2n) is 4.68. The molecule has 1 heterocycles. The van der Waals surface area contributed by atoms with Crippen LogP contribution in [0.1, 0.15) is 24.3 Å². The van der Waals surface area contributed by atoms with E-state index in [9.17, 15) is 4.79 Å². The lowest BCUT2D eigenvalue weighted by Crippen LogP contribution is -2.41. The van der Waals surface area contributed by atoms with E-state index in [1.165, 1.54) is 4.88 Å². The normalized spacial score (nSPS) is 12.7. The number of likely N-dealkylation sites (N-methyl/N-ethyl adjacent to an activating group) is 1. The highest BCUT2D eigenvalue weighted by Crippen LogP contribution is 2.29. The van der Waals surface area contributed by atoms with Gasteiger partial charge >= 0.3 is 0 Å². The summed E-state index contributed by atoms with van der Waals surface area (Å²) in [4.78, 5) is 16.9. The van der Waals surface area contributed by atoms with Gasteiger partial charge in [0.05, 0.1) is 12.6 Å². The average Bonchev–Trinajstić information content (AvgIpc) is 2.76. The molecule has 0 aliphatic carbocycles. The summed E-state index contributed by atoms with van der Waals surface area (Å²) in [5, 5.41) is 2.05. The van der Waals surface area contributed by atoms with Crippen molar-refractivity contribution in [3.8, 4) is 0 Å². The Bertz CT molecular complexity index is 408. The summed E-state index contributed by atoms with van der Waals surface area (Å²) < 4.78 is 1.07. The zero-order valence-electron chi connectivity index (χ0n) is 11.7. The largest absolute Gasteiger partial charge is 0.348 e. The molecule has 1 rings (SSSR count). The number of thiophene rings is 1. The van der Waals surface area contributed by atoms with E-state index in [1.54, 1.807) is 30.3 Å². The van der Waals surface area contributed by atoms with Crippen molar-refractivity contribution in [3.05, 3.63) is 20.8 Å². The highest BCUT2D eigenvalue weighted by molar-refractivity contribution is 9.10. The fourth-order valence-electron chi connectivity index (χ4n) is 1.90. The summed E-state index contributed by atoms with van der Waals surface area (Å²) in [6, 6.07) is 2.20. The topological polar surface area (TPSA) is 49.6 Å². The van der Waals surface area contributed by atoms with Crippen molar-refractivity contribution in [3.63, 3.8) is 0 Å². The molecule has 1 amide bonds. The van der Waals surface area contributed by atoms with Gasteiger partial charge in [0, 0.05) is 35.4 Å². The van der Waals surface area contributed by atoms with E-state index >= 15 is 0 Å². The van der Waals surface area contributed by atoms with Gasteiger partial charge in [-0.15, -0.1) is 11.3 Å². The van der Waals surface area contributed by atoms with E-state index in [1.807, 2.05) is 0 Å². The molecule has 108 valence electrons. The standard InChI is InChI=1S/C13H22BrN3OS/c1-4-5-17(8-13(18)16(2)3)11(7-15)12-6-10(14)9-19-12/h6,9,11H,4-5,7-8,15H2,1-3H3. The molecule has 0 aliphatic rings. The molecule has 0 saturated heterocycles. The summed E-state index contributed by atoms with van der Waals surface area (Å²) in [6.45, 7) is 3.92. The first-order valence-electron chi connectivity index (χ1n) is 6.37. The van der Waals surface area contributed by atoms with Crippen LogP contribution in [0.5, 0.6) is 0 Å². The minimum Gasteiger partial charge on any atom is -0.348 e. The van der Waals surface area contributed by atoms with Gasteiger partial charge in [0.2, 0.25) is 5.91 Å². The fraction of sp³-hybridized carbons (Fsp3) is 0.615. The van der Waals surface area contributed by atoms with E-state index < -0.39 is 0 Å². The highest BCUT2D eigenvalue weighted by Gasteiger charge is 2.22. The smallest absolute Gasteiger partial charge is 0.236 e. The van der Waals surface area contributed by atoms with E-state index in [0.29, 0.717) is 13.1 Å². The van der Waals surface area contributed by atoms with Gasteiger partial charge in [-0.3, -0.25) is 9.69 Å². The van der Waals surface area contributed by atoms with E-state index in [4.69, 9.17) is 5.73 Å². The van der Waals surface area contributed by atoms with Crippen molar-refractivity contribution >= 4 is 33.2 Å². The Kier molecular flexibility index (Phi) is 6.99. The first-order valence-corrected chi connectivity index (χ1v) is 8.05. The molecular weight excluding hydrogens is 326 g/mol. The van der Waals surface area contributed by atoms with Gasteiger partial charge in [-0.2, -0.15) is 0 Å². The number of hydrogen-bond acceptors (Lipinski definition) is 4. The number of nitrogens with zero attached hydrogens (tertiary/aromatic N) is 2. The van der Waals surface area contributed by atoms with Gasteiger partial charge in [0.1, 0.15) is 0 Å². The third kappa shape index (κ3) is 4.87. The number of halogens is 1. The van der Waals surface area contributed by atoms with Gasteiger partial charge in [0.15, 0.2) is 0 Å². The van der Waals surface area contributed by atoms with E-state index in [0.717, 1.165) is 17.4 Å². The zero-order chi connectivity index (χ0) is 14.4. The van der Waals surface area contributed by atoms with Crippen LogP contribution in [0.2, 0.25) is 0 Å². The number of rotatable bonds is 7. The van der Waals surface area contributed by atoms with Crippen LogP contribution in [0, 0.1) is 0 Å². The van der Waals surface area contributed by atoms with Crippen LogP contribution in [0.3, 0.4) is 0 Å². The lowest BCUT2D eigenvalue weighted by Gasteiger charge is -2.30. The predicted molar refractivity (Wildman–Crippen MR) is 84.4 cm³/mol. The summed E-state index contributed by atoms with van der Waals surface area (Å²) >= 11 is 5.15. The molecule has 2 N–H and O–H groups in total. The molecule has 0 aromatic carbocycles. The van der Waals surface area contributed by atoms with Crippen molar-refractivity contribution < 1.29 is 4.79 Å². The molecule has 0 aliphatic heterocycles. The quantitative estimate of drug-likeness (QED) is 0.823. The van der Waals surface area contributed by atoms with Gasteiger partial charge in [-0.05, 0) is 35.0 Å². The second-order valence-corrected chi connectivity index (χ2v) is 6.54. The SMILES string of the molecule is CCCN(CC(=O)N(C)C)C(CN)c1cc(Br)cs1. The Labute approximate surface area is 127 Å². The maximum absolute atomic E-state index is 11.9. The van der Waals surface area contributed by atoms with Crippen molar-refractivity contribution in [2.24, 2.45) is 5.73 Å². The summed E-state index contributed by atoms with van der Waals surface area (Å²) in [6.07, 6.45) is 1.00. The Morgan fingerprint density at radius 2 is 2.21 bits per heavy atom. The van der Waals surface area contributed by atoms with E-state index in [2.05, 4.69) is 39.2 Å². The van der Waals surface area contributed by atoms with Crippen LogP contribution in [0.25, 0.3) is 0 Å². The third-order valence-electron chi connectivity index (χ3n) is 2.93. The molecule has 0 saturated carbocycles. The lowest BCUT2D eigenvalue weighted by molar-refractivity contribution is -0.130. The monoisotopic (exact) mass is 347 g/mol. The van der Waals surface area contributed by atoms with Gasteiger partial charge < -0.3 is 10.6 Å². The number of hydrogen-bond donors (Lipinski definition) is 1. The number of nitrogens with two attached hydrogens (primary N) is 1. The van der Waals surface area contributed by atoms with Crippen LogP contribution >= 0.6 is 27.3 Å². The van der Waals surface area contributed by atoms with E-state index in [-0.39, 0.29) is 11.9 Å². The Morgan fingerprint density at radius 1 is 1.53 bits per heavy atom. The van der Waals surface area contributed by atoms with Gasteiger partial charge in [-0.25, -0.2) is 0 Å². The maximum Gasteiger partial charge on any atom is 0.236 e. The molecule has 1 aromatic rings. The van der Waals surface area contributed by atoms with Crippen molar-refractivity contribution in [2.45, 2.75) is 19.4 Å². The second kappa shape index (κ2) is 7.99. The zero-order valence-corrected chi connectivity index (χ0v) is 14.1. The minimum absolute atomic E-state index is 0.111. The average molecular weight is 348 g/mol. The first kappa shape index (κ1) is 16.6. The van der Waals surface area contributed by atoms with Crippen LogP contribution in [0.4, 0.5) is 0 Å². The summed E-state index contributed by atoms with van der Waals surface area (Å²) in [7, 11) is 3.57. The van der Waals surface area contributed by atoms with Crippen LogP contribution in [-0.2, 0) is 4.79 Å². The molecule has 19 heavy (non-hydrogen) atoms. The third-order valence-corrected chi connectivity index (χ3v) is 4.72. The number of amides is 1. The van der Waals surface area contributed by atoms with Crippen molar-refractivity contribution in [2.75, 3.05) is 33.7 Å². The molecule has 1 atom stereocenters. The van der Waals surface area contributed by atoms with Crippen molar-refractivity contribution in [1.29, 1.82) is 0 Å². The Hall–Kier alpha value is -0.430. The highest BCUT2D eigenvalue weighted by atomic mass is 79.9. The molecular formula is C13H22BrN3OS. The molecule has 4 nitrogen and oxygen atoms in total. The number of carbonyl (C=O) groups is 1. The lowest BCUT2D eigenvalue weighted by atomic mass is 10.2. The molecule has 0 fully saturated rings. The van der Waals surface area contributed by atoms with Crippen LogP contribution in [-0.4, -0.2) is 49.4 Å². The first-order chi connectivity index (χ1) is 8.99. The fourth-order valence-corrected chi connectivity index (χ4v) is 3.49. The molecule has 1 aromatic heterocycles. The predicted octanol–water partition coefficient (Wildman–Crippen LogP) is 2.31. The maximum atomic E-state index is 11.9. The molecule has 0 spiro atoms. The van der Waals surface area contributed by atoms with Gasteiger partial charge in [0.25, 0.3) is 0 Å². The van der Waals surface area contributed by atoms with Crippen LogP contribution in [0.15, 0.2) is 15.9 Å².